The molecule has 2 aromatic rings. The van der Waals surface area contributed by atoms with Crippen LogP contribution in [0.4, 0.5) is 5.69 Å². The molecule has 124 valence electrons. The van der Waals surface area contributed by atoms with Crippen molar-refractivity contribution in [2.24, 2.45) is 0 Å². The van der Waals surface area contributed by atoms with E-state index in [1.807, 2.05) is 54.6 Å². The molecule has 0 spiro atoms. The van der Waals surface area contributed by atoms with Gasteiger partial charge >= 0.3 is 0 Å². The van der Waals surface area contributed by atoms with Crippen LogP contribution in [0, 0.1) is 0 Å². The molecule has 1 aliphatic heterocycles. The molecule has 4 nitrogen and oxygen atoms in total. The highest BCUT2D eigenvalue weighted by Crippen LogP contribution is 2.26. The van der Waals surface area contributed by atoms with Crippen molar-refractivity contribution < 1.29 is 9.59 Å². The number of fused-ring (bicyclic) bond motifs is 1. The maximum Gasteiger partial charge on any atom is 0.237 e. The average molecular weight is 340 g/mol. The van der Waals surface area contributed by atoms with Crippen LogP contribution in [0.1, 0.15) is 17.5 Å². The summed E-state index contributed by atoms with van der Waals surface area (Å²) in [5.41, 5.74) is 3.11. The molecule has 1 aliphatic rings. The van der Waals surface area contributed by atoms with Crippen molar-refractivity contribution in [3.05, 3.63) is 65.7 Å². The van der Waals surface area contributed by atoms with Gasteiger partial charge < -0.3 is 10.6 Å². The Morgan fingerprint density at radius 3 is 2.71 bits per heavy atom. The fourth-order valence-electron chi connectivity index (χ4n) is 2.67. The number of rotatable bonds is 5. The quantitative estimate of drug-likeness (QED) is 0.880. The highest BCUT2D eigenvalue weighted by atomic mass is 32.2. The molecule has 5 heteroatoms. The summed E-state index contributed by atoms with van der Waals surface area (Å²) in [6, 6.07) is 17.7. The minimum atomic E-state index is -0.195. The van der Waals surface area contributed by atoms with Gasteiger partial charge in [-0.2, -0.15) is 0 Å². The molecule has 0 saturated carbocycles. The standard InChI is InChI=1S/C19H20N2O2S/c22-18(20-12-14-6-2-1-3-7-14)13-24-17-11-10-15-8-4-5-9-16(15)21-19(17)23/h1-9,17H,10-13H2,(H,20,22)(H,21,23). The van der Waals surface area contributed by atoms with Crippen LogP contribution in [0.3, 0.4) is 0 Å². The van der Waals surface area contributed by atoms with Crippen LogP contribution in [-0.4, -0.2) is 22.8 Å². The molecule has 24 heavy (non-hydrogen) atoms. The van der Waals surface area contributed by atoms with E-state index in [9.17, 15) is 9.59 Å². The number of carbonyl (C=O) groups excluding carboxylic acids is 2. The van der Waals surface area contributed by atoms with E-state index in [2.05, 4.69) is 10.6 Å². The Bertz CT molecular complexity index is 718. The summed E-state index contributed by atoms with van der Waals surface area (Å²) in [4.78, 5) is 24.3. The van der Waals surface area contributed by atoms with Gasteiger partial charge in [0, 0.05) is 12.2 Å². The number of aryl methyl sites for hydroxylation is 1. The maximum absolute atomic E-state index is 12.3. The highest BCUT2D eigenvalue weighted by Gasteiger charge is 2.24. The molecule has 0 saturated heterocycles. The lowest BCUT2D eigenvalue weighted by Gasteiger charge is -2.12. The summed E-state index contributed by atoms with van der Waals surface area (Å²) in [5.74, 6) is 0.237. The van der Waals surface area contributed by atoms with E-state index in [4.69, 9.17) is 0 Å². The highest BCUT2D eigenvalue weighted by molar-refractivity contribution is 8.01. The van der Waals surface area contributed by atoms with Crippen LogP contribution in [0.2, 0.25) is 0 Å². The predicted molar refractivity (Wildman–Crippen MR) is 97.9 cm³/mol. The van der Waals surface area contributed by atoms with E-state index in [0.717, 1.165) is 29.7 Å². The molecular formula is C19H20N2O2S. The molecule has 0 aromatic heterocycles. The Morgan fingerprint density at radius 2 is 1.88 bits per heavy atom. The molecular weight excluding hydrogens is 320 g/mol. The first-order valence-corrected chi connectivity index (χ1v) is 9.08. The van der Waals surface area contributed by atoms with E-state index in [1.54, 1.807) is 0 Å². The minimum Gasteiger partial charge on any atom is -0.351 e. The predicted octanol–water partition coefficient (Wildman–Crippen LogP) is 2.99. The Labute approximate surface area is 146 Å². The third-order valence-electron chi connectivity index (χ3n) is 3.99. The molecule has 0 aliphatic carbocycles. The van der Waals surface area contributed by atoms with Gasteiger partial charge in [0.25, 0.3) is 0 Å². The molecule has 1 unspecified atom stereocenters. The van der Waals surface area contributed by atoms with Gasteiger partial charge in [-0.15, -0.1) is 11.8 Å². The molecule has 0 bridgehead atoms. The number of nitrogens with one attached hydrogen (secondary N) is 2. The van der Waals surface area contributed by atoms with Crippen molar-refractivity contribution in [3.63, 3.8) is 0 Å². The Hall–Kier alpha value is -2.27. The van der Waals surface area contributed by atoms with Crippen molar-refractivity contribution in [1.29, 1.82) is 0 Å². The van der Waals surface area contributed by atoms with Crippen LogP contribution in [0.25, 0.3) is 0 Å². The molecule has 3 rings (SSSR count). The van der Waals surface area contributed by atoms with E-state index in [1.165, 1.54) is 11.8 Å². The first kappa shape index (κ1) is 16.6. The number of hydrogen-bond donors (Lipinski definition) is 2. The molecule has 0 radical (unpaired) electrons. The Kier molecular flexibility index (Phi) is 5.54. The van der Waals surface area contributed by atoms with Gasteiger partial charge in [0.1, 0.15) is 0 Å². The van der Waals surface area contributed by atoms with Crippen LogP contribution < -0.4 is 10.6 Å². The van der Waals surface area contributed by atoms with Crippen LogP contribution >= 0.6 is 11.8 Å². The normalized spacial score (nSPS) is 16.7. The van der Waals surface area contributed by atoms with E-state index >= 15 is 0 Å². The van der Waals surface area contributed by atoms with Crippen LogP contribution in [0.5, 0.6) is 0 Å². The SMILES string of the molecule is O=C(CSC1CCc2ccccc2NC1=O)NCc1ccccc1. The monoisotopic (exact) mass is 340 g/mol. The third kappa shape index (κ3) is 4.38. The topological polar surface area (TPSA) is 58.2 Å². The van der Waals surface area contributed by atoms with Crippen LogP contribution in [-0.2, 0) is 22.6 Å². The number of anilines is 1. The molecule has 2 amide bonds. The lowest BCUT2D eigenvalue weighted by molar-refractivity contribution is -0.118. The van der Waals surface area contributed by atoms with Crippen molar-refractivity contribution >= 4 is 29.3 Å². The Balaban J connectivity index is 1.48. The summed E-state index contributed by atoms with van der Waals surface area (Å²) in [6.07, 6.45) is 1.59. The van der Waals surface area contributed by atoms with Crippen molar-refractivity contribution in [3.8, 4) is 0 Å². The summed E-state index contributed by atoms with van der Waals surface area (Å²) in [6.45, 7) is 0.516. The molecule has 1 heterocycles. The molecule has 1 atom stereocenters. The van der Waals surface area contributed by atoms with Crippen molar-refractivity contribution in [1.82, 2.24) is 5.32 Å². The zero-order valence-electron chi connectivity index (χ0n) is 13.3. The van der Waals surface area contributed by atoms with Gasteiger partial charge in [-0.25, -0.2) is 0 Å². The Morgan fingerprint density at radius 1 is 1.12 bits per heavy atom. The van der Waals surface area contributed by atoms with Gasteiger partial charge in [-0.1, -0.05) is 48.5 Å². The van der Waals surface area contributed by atoms with E-state index in [-0.39, 0.29) is 17.1 Å². The first-order chi connectivity index (χ1) is 11.7. The lowest BCUT2D eigenvalue weighted by Crippen LogP contribution is -2.29. The van der Waals surface area contributed by atoms with E-state index < -0.39 is 0 Å². The number of hydrogen-bond acceptors (Lipinski definition) is 3. The zero-order chi connectivity index (χ0) is 16.8. The van der Waals surface area contributed by atoms with Gasteiger partial charge in [0.05, 0.1) is 11.0 Å². The summed E-state index contributed by atoms with van der Waals surface area (Å²) in [7, 11) is 0. The zero-order valence-corrected chi connectivity index (χ0v) is 14.1. The van der Waals surface area contributed by atoms with Gasteiger partial charge in [-0.3, -0.25) is 9.59 Å². The first-order valence-electron chi connectivity index (χ1n) is 8.03. The van der Waals surface area contributed by atoms with Gasteiger partial charge in [0.2, 0.25) is 11.8 Å². The van der Waals surface area contributed by atoms with E-state index in [0.29, 0.717) is 12.3 Å². The summed E-state index contributed by atoms with van der Waals surface area (Å²) >= 11 is 1.41. The third-order valence-corrected chi connectivity index (χ3v) is 5.27. The second-order valence-corrected chi connectivity index (χ2v) is 6.94. The fraction of sp³-hybridized carbons (Fsp3) is 0.263. The number of amides is 2. The second kappa shape index (κ2) is 8.02. The van der Waals surface area contributed by atoms with Crippen molar-refractivity contribution in [2.75, 3.05) is 11.1 Å². The lowest BCUT2D eigenvalue weighted by atomic mass is 10.1. The molecule has 0 fully saturated rings. The molecule has 2 N–H and O–H groups in total. The van der Waals surface area contributed by atoms with Crippen LogP contribution in [0.15, 0.2) is 54.6 Å². The average Bonchev–Trinajstić information content (AvgIpc) is 2.77. The number of para-hydroxylation sites is 1. The summed E-state index contributed by atoms with van der Waals surface area (Å²) in [5, 5.41) is 5.66. The summed E-state index contributed by atoms with van der Waals surface area (Å²) < 4.78 is 0. The maximum atomic E-state index is 12.3. The molecule has 2 aromatic carbocycles. The van der Waals surface area contributed by atoms with Crippen molar-refractivity contribution in [2.45, 2.75) is 24.6 Å². The number of carbonyl (C=O) groups is 2. The fourth-order valence-corrected chi connectivity index (χ4v) is 3.62. The number of thioether (sulfide) groups is 1. The van der Waals surface area contributed by atoms with Gasteiger partial charge in [0.15, 0.2) is 0 Å². The smallest absolute Gasteiger partial charge is 0.237 e. The largest absolute Gasteiger partial charge is 0.351 e. The van der Waals surface area contributed by atoms with Gasteiger partial charge in [-0.05, 0) is 30.0 Å². The number of benzene rings is 2. The minimum absolute atomic E-state index is 0.0131. The second-order valence-electron chi connectivity index (χ2n) is 5.75.